The van der Waals surface area contributed by atoms with Gasteiger partial charge in [0.2, 0.25) is 15.9 Å². The summed E-state index contributed by atoms with van der Waals surface area (Å²) in [6.45, 7) is 1.84. The van der Waals surface area contributed by atoms with Gasteiger partial charge in [0, 0.05) is 38.8 Å². The zero-order chi connectivity index (χ0) is 27.8. The van der Waals surface area contributed by atoms with Gasteiger partial charge in [-0.3, -0.25) is 14.6 Å². The molecule has 2 atom stereocenters. The van der Waals surface area contributed by atoms with Gasteiger partial charge in [0.05, 0.1) is 17.3 Å². The largest absolute Gasteiger partial charge is 0.480 e. The van der Waals surface area contributed by atoms with Crippen molar-refractivity contribution in [3.63, 3.8) is 0 Å². The minimum atomic E-state index is -3.88. The Kier molecular flexibility index (Phi) is 9.47. The number of hydrogen-bond donors (Lipinski definition) is 3. The van der Waals surface area contributed by atoms with Crippen molar-refractivity contribution in [3.05, 3.63) is 65.7 Å². The van der Waals surface area contributed by atoms with Crippen molar-refractivity contribution < 1.29 is 27.9 Å². The van der Waals surface area contributed by atoms with Crippen LogP contribution in [-0.2, 0) is 37.2 Å². The number of amidine groups is 1. The maximum atomic E-state index is 13.1. The third-order valence-corrected chi connectivity index (χ3v) is 8.87. The van der Waals surface area contributed by atoms with E-state index in [1.165, 1.54) is 12.1 Å². The summed E-state index contributed by atoms with van der Waals surface area (Å²) in [5, 5.41) is 15.5. The summed E-state index contributed by atoms with van der Waals surface area (Å²) in [6.07, 6.45) is 3.13. The van der Waals surface area contributed by atoms with Crippen molar-refractivity contribution in [1.82, 2.24) is 14.9 Å². The molecule has 208 valence electrons. The lowest BCUT2D eigenvalue weighted by molar-refractivity contribution is -0.142. The highest BCUT2D eigenvalue weighted by Gasteiger charge is 2.40. The zero-order valence-electron chi connectivity index (χ0n) is 21.7. The minimum absolute atomic E-state index is 0.0303. The molecule has 1 unspecified atom stereocenters. The Morgan fingerprint density at radius 2 is 1.79 bits per heavy atom. The number of amides is 1. The maximum Gasteiger partial charge on any atom is 0.326 e. The fourth-order valence-electron chi connectivity index (χ4n) is 4.90. The normalized spacial score (nSPS) is 18.3. The molecule has 0 spiro atoms. The number of Topliss-reactive ketones (excluding diaryl/α,β-unsaturated/α-hetero) is 1. The number of benzene rings is 2. The number of carbonyl (C=O) groups excluding carboxylic acids is 2. The Labute approximate surface area is 228 Å². The van der Waals surface area contributed by atoms with Crippen LogP contribution in [-0.4, -0.2) is 73.0 Å². The first-order valence-corrected chi connectivity index (χ1v) is 14.6. The summed E-state index contributed by atoms with van der Waals surface area (Å²) in [7, 11) is -3.88. The molecule has 0 radical (unpaired) electrons. The van der Waals surface area contributed by atoms with Crippen LogP contribution < -0.4 is 10.6 Å². The number of ketones is 1. The maximum absolute atomic E-state index is 13.1. The smallest absolute Gasteiger partial charge is 0.326 e. The Morgan fingerprint density at radius 3 is 2.46 bits per heavy atom. The van der Waals surface area contributed by atoms with Gasteiger partial charge in [-0.15, -0.1) is 0 Å². The van der Waals surface area contributed by atoms with E-state index < -0.39 is 34.0 Å². The van der Waals surface area contributed by atoms with Gasteiger partial charge in [-0.1, -0.05) is 42.5 Å². The van der Waals surface area contributed by atoms with E-state index in [2.05, 4.69) is 15.6 Å². The average Bonchev–Trinajstić information content (AvgIpc) is 3.63. The molecule has 0 aliphatic carbocycles. The molecule has 0 saturated carbocycles. The third-order valence-electron chi connectivity index (χ3n) is 6.95. The first-order chi connectivity index (χ1) is 18.7. The first-order valence-electron chi connectivity index (χ1n) is 13.2. The highest BCUT2D eigenvalue weighted by molar-refractivity contribution is 7.89. The fourth-order valence-corrected chi connectivity index (χ4v) is 6.58. The number of aliphatic imine (C=N–C) groups is 1. The van der Waals surface area contributed by atoms with E-state index in [1.54, 1.807) is 42.5 Å². The van der Waals surface area contributed by atoms with Gasteiger partial charge in [0.1, 0.15) is 17.9 Å². The zero-order valence-corrected chi connectivity index (χ0v) is 22.5. The number of nitrogens with zero attached hydrogens (tertiary/aromatic N) is 2. The van der Waals surface area contributed by atoms with Crippen molar-refractivity contribution in [2.75, 3.05) is 19.6 Å². The highest BCUT2D eigenvalue weighted by Crippen LogP contribution is 2.26. The van der Waals surface area contributed by atoms with Crippen LogP contribution in [0.15, 0.2) is 64.5 Å². The number of sulfonamides is 1. The topological polar surface area (TPSA) is 145 Å². The number of carbonyl (C=O) groups is 3. The lowest BCUT2D eigenvalue weighted by atomic mass is 10.0. The van der Waals surface area contributed by atoms with Crippen molar-refractivity contribution in [2.45, 2.75) is 61.9 Å². The summed E-state index contributed by atoms with van der Waals surface area (Å²) in [5.41, 5.74) is 1.52. The summed E-state index contributed by atoms with van der Waals surface area (Å²) in [4.78, 5) is 41.8. The van der Waals surface area contributed by atoms with Gasteiger partial charge in [-0.05, 0) is 42.5 Å². The Hall–Kier alpha value is -3.57. The van der Waals surface area contributed by atoms with E-state index in [0.717, 1.165) is 41.6 Å². The second-order valence-corrected chi connectivity index (χ2v) is 11.7. The van der Waals surface area contributed by atoms with Gasteiger partial charge in [-0.2, -0.15) is 4.31 Å². The van der Waals surface area contributed by atoms with Crippen LogP contribution in [0.2, 0.25) is 0 Å². The van der Waals surface area contributed by atoms with Crippen molar-refractivity contribution in [3.8, 4) is 0 Å². The van der Waals surface area contributed by atoms with E-state index in [0.29, 0.717) is 31.2 Å². The molecule has 1 amide bonds. The standard InChI is InChI=1S/C28H34N4O6S/c33-22(6-4-10-26-29-15-16-30-26)18-20-11-13-21(14-12-20)19-24(28(35)36)31-27(34)25-9-5-17-32(25)39(37,38)23-7-2-1-3-8-23/h1-3,7-8,11-14,24-25H,4-6,9-10,15-19H2,(H,29,30)(H,31,34)(H,35,36)/t24?,25-/m0/s1. The van der Waals surface area contributed by atoms with Crippen molar-refractivity contribution >= 4 is 33.5 Å². The van der Waals surface area contributed by atoms with Crippen LogP contribution in [0.25, 0.3) is 0 Å². The number of rotatable bonds is 13. The molecule has 2 heterocycles. The monoisotopic (exact) mass is 554 g/mol. The average molecular weight is 555 g/mol. The number of carboxylic acids is 1. The predicted octanol–water partition coefficient (Wildman–Crippen LogP) is 1.94. The van der Waals surface area contributed by atoms with Gasteiger partial charge >= 0.3 is 5.97 Å². The summed E-state index contributed by atoms with van der Waals surface area (Å²) in [5.74, 6) is -0.742. The van der Waals surface area contributed by atoms with Gasteiger partial charge in [0.15, 0.2) is 0 Å². The molecular weight excluding hydrogens is 520 g/mol. The minimum Gasteiger partial charge on any atom is -0.480 e. The fraction of sp³-hybridized carbons (Fsp3) is 0.429. The quantitative estimate of drug-likeness (QED) is 0.343. The van der Waals surface area contributed by atoms with Crippen LogP contribution in [0.4, 0.5) is 0 Å². The van der Waals surface area contributed by atoms with E-state index in [4.69, 9.17) is 0 Å². The van der Waals surface area contributed by atoms with E-state index >= 15 is 0 Å². The Balaban J connectivity index is 1.32. The molecule has 1 fully saturated rings. The van der Waals surface area contributed by atoms with Crippen LogP contribution in [0, 0.1) is 0 Å². The van der Waals surface area contributed by atoms with E-state index in [9.17, 15) is 27.9 Å². The van der Waals surface area contributed by atoms with Crippen LogP contribution in [0.1, 0.15) is 43.2 Å². The summed E-state index contributed by atoms with van der Waals surface area (Å²) in [6, 6.07) is 12.8. The molecule has 3 N–H and O–H groups in total. The molecule has 39 heavy (non-hydrogen) atoms. The van der Waals surface area contributed by atoms with Crippen LogP contribution >= 0.6 is 0 Å². The summed E-state index contributed by atoms with van der Waals surface area (Å²) >= 11 is 0. The molecule has 10 nitrogen and oxygen atoms in total. The molecule has 2 aliphatic rings. The van der Waals surface area contributed by atoms with Crippen molar-refractivity contribution in [2.24, 2.45) is 4.99 Å². The molecule has 0 bridgehead atoms. The lowest BCUT2D eigenvalue weighted by Gasteiger charge is -2.25. The number of aliphatic carboxylic acids is 1. The third kappa shape index (κ3) is 7.51. The molecule has 2 aliphatic heterocycles. The molecule has 4 rings (SSSR count). The van der Waals surface area contributed by atoms with E-state index in [-0.39, 0.29) is 23.6 Å². The number of hydrogen-bond acceptors (Lipinski definition) is 7. The van der Waals surface area contributed by atoms with Gasteiger partial charge < -0.3 is 15.7 Å². The molecule has 0 aromatic heterocycles. The first kappa shape index (κ1) is 28.4. The second kappa shape index (κ2) is 13.0. The van der Waals surface area contributed by atoms with Gasteiger partial charge in [-0.25, -0.2) is 13.2 Å². The number of nitrogens with one attached hydrogen (secondary N) is 2. The lowest BCUT2D eigenvalue weighted by Crippen LogP contribution is -2.51. The molecule has 2 aromatic rings. The Bertz CT molecular complexity index is 1310. The van der Waals surface area contributed by atoms with E-state index in [1.807, 2.05) is 0 Å². The Morgan fingerprint density at radius 1 is 1.08 bits per heavy atom. The predicted molar refractivity (Wildman–Crippen MR) is 146 cm³/mol. The SMILES string of the molecule is O=C(CCCC1=NCCN1)Cc1ccc(CC(NC(=O)[C@@H]2CCCN2S(=O)(=O)c2ccccc2)C(=O)O)cc1. The molecule has 1 saturated heterocycles. The summed E-state index contributed by atoms with van der Waals surface area (Å²) < 4.78 is 27.3. The molecule has 2 aromatic carbocycles. The number of carboxylic acid groups (broad SMARTS) is 1. The van der Waals surface area contributed by atoms with Gasteiger partial charge in [0.25, 0.3) is 0 Å². The van der Waals surface area contributed by atoms with Crippen LogP contribution in [0.3, 0.4) is 0 Å². The van der Waals surface area contributed by atoms with Crippen molar-refractivity contribution in [1.29, 1.82) is 0 Å². The molecule has 11 heteroatoms. The van der Waals surface area contributed by atoms with Crippen LogP contribution in [0.5, 0.6) is 0 Å². The second-order valence-electron chi connectivity index (χ2n) is 9.83. The molecular formula is C28H34N4O6S. The highest BCUT2D eigenvalue weighted by atomic mass is 32.2.